The molecule has 0 bridgehead atoms. The molecule has 0 saturated heterocycles. The standard InChI is InChI=1S/C12H11Br3O4/c1-6(12(18)19-9(17)5-16)4-7-2-3-8(13)11(15)10(7)14/h2-4,9,16-17H,5H2,1H3/b6-4+. The van der Waals surface area contributed by atoms with Crippen LogP contribution in [0.3, 0.4) is 0 Å². The van der Waals surface area contributed by atoms with Crippen LogP contribution < -0.4 is 0 Å². The lowest BCUT2D eigenvalue weighted by atomic mass is 10.1. The molecule has 19 heavy (non-hydrogen) atoms. The highest BCUT2D eigenvalue weighted by molar-refractivity contribution is 9.14. The Morgan fingerprint density at radius 3 is 2.58 bits per heavy atom. The fourth-order valence-electron chi connectivity index (χ4n) is 1.20. The highest BCUT2D eigenvalue weighted by atomic mass is 79.9. The molecule has 0 saturated carbocycles. The molecule has 0 radical (unpaired) electrons. The largest absolute Gasteiger partial charge is 0.430 e. The summed E-state index contributed by atoms with van der Waals surface area (Å²) in [6, 6.07) is 3.65. The van der Waals surface area contributed by atoms with Gasteiger partial charge in [-0.1, -0.05) is 6.07 Å². The van der Waals surface area contributed by atoms with E-state index in [4.69, 9.17) is 10.2 Å². The summed E-state index contributed by atoms with van der Waals surface area (Å²) in [7, 11) is 0. The molecule has 2 N–H and O–H groups in total. The van der Waals surface area contributed by atoms with Crippen molar-refractivity contribution in [2.45, 2.75) is 13.2 Å². The first kappa shape index (κ1) is 16.8. The number of hydrogen-bond donors (Lipinski definition) is 2. The van der Waals surface area contributed by atoms with Crippen molar-refractivity contribution in [2.24, 2.45) is 0 Å². The third-order valence-corrected chi connectivity index (χ3v) is 5.56. The first-order valence-electron chi connectivity index (χ1n) is 5.18. The zero-order chi connectivity index (χ0) is 14.6. The van der Waals surface area contributed by atoms with E-state index in [1.807, 2.05) is 12.1 Å². The van der Waals surface area contributed by atoms with E-state index in [1.54, 1.807) is 13.0 Å². The molecule has 0 aliphatic rings. The fourth-order valence-corrected chi connectivity index (χ4v) is 2.62. The van der Waals surface area contributed by atoms with Gasteiger partial charge in [0.15, 0.2) is 0 Å². The van der Waals surface area contributed by atoms with Crippen molar-refractivity contribution in [3.05, 3.63) is 36.7 Å². The van der Waals surface area contributed by atoms with E-state index in [2.05, 4.69) is 52.5 Å². The van der Waals surface area contributed by atoms with Crippen molar-refractivity contribution in [2.75, 3.05) is 6.61 Å². The number of aliphatic hydroxyl groups excluding tert-OH is 2. The van der Waals surface area contributed by atoms with E-state index in [9.17, 15) is 4.79 Å². The molecule has 104 valence electrons. The Morgan fingerprint density at radius 1 is 1.37 bits per heavy atom. The zero-order valence-electron chi connectivity index (χ0n) is 9.86. The van der Waals surface area contributed by atoms with E-state index in [0.29, 0.717) is 5.57 Å². The molecule has 0 aliphatic carbocycles. The van der Waals surface area contributed by atoms with Crippen LogP contribution >= 0.6 is 47.8 Å². The van der Waals surface area contributed by atoms with Crippen LogP contribution in [0.1, 0.15) is 12.5 Å². The van der Waals surface area contributed by atoms with Gasteiger partial charge in [0, 0.05) is 19.0 Å². The molecule has 0 aromatic heterocycles. The summed E-state index contributed by atoms with van der Waals surface area (Å²) in [5.41, 5.74) is 1.09. The van der Waals surface area contributed by atoms with E-state index in [-0.39, 0.29) is 0 Å². The summed E-state index contributed by atoms with van der Waals surface area (Å²) in [5.74, 6) is -0.688. The van der Waals surface area contributed by atoms with Gasteiger partial charge in [0.2, 0.25) is 6.29 Å². The highest BCUT2D eigenvalue weighted by Gasteiger charge is 2.13. The van der Waals surface area contributed by atoms with E-state index >= 15 is 0 Å². The molecule has 0 fully saturated rings. The number of hydrogen-bond acceptors (Lipinski definition) is 4. The van der Waals surface area contributed by atoms with Gasteiger partial charge < -0.3 is 14.9 Å². The summed E-state index contributed by atoms with van der Waals surface area (Å²) < 4.78 is 7.09. The summed E-state index contributed by atoms with van der Waals surface area (Å²) in [5, 5.41) is 17.6. The number of carbonyl (C=O) groups is 1. The maximum Gasteiger partial charge on any atom is 0.336 e. The maximum absolute atomic E-state index is 11.6. The smallest absolute Gasteiger partial charge is 0.336 e. The lowest BCUT2D eigenvalue weighted by Crippen LogP contribution is -2.21. The lowest BCUT2D eigenvalue weighted by molar-refractivity contribution is -0.168. The number of rotatable bonds is 4. The molecule has 1 unspecified atom stereocenters. The molecule has 0 heterocycles. The Bertz CT molecular complexity index is 514. The number of aliphatic hydroxyl groups is 2. The molecule has 1 rings (SSSR count). The van der Waals surface area contributed by atoms with Gasteiger partial charge in [0.1, 0.15) is 6.61 Å². The molecule has 0 spiro atoms. The minimum absolute atomic E-state index is 0.308. The Hall–Kier alpha value is -0.210. The van der Waals surface area contributed by atoms with E-state index in [0.717, 1.165) is 19.0 Å². The topological polar surface area (TPSA) is 66.8 Å². The molecule has 0 aliphatic heterocycles. The third-order valence-electron chi connectivity index (χ3n) is 2.16. The van der Waals surface area contributed by atoms with Crippen LogP contribution in [-0.2, 0) is 9.53 Å². The molecular weight excluding hydrogens is 448 g/mol. The second-order valence-corrected chi connectivity index (χ2v) is 6.07. The van der Waals surface area contributed by atoms with Gasteiger partial charge in [-0.25, -0.2) is 4.79 Å². The van der Waals surface area contributed by atoms with Crippen molar-refractivity contribution in [3.8, 4) is 0 Å². The van der Waals surface area contributed by atoms with Crippen LogP contribution in [0.15, 0.2) is 31.1 Å². The minimum atomic E-state index is -1.50. The van der Waals surface area contributed by atoms with Gasteiger partial charge in [-0.05, 0) is 72.4 Å². The summed E-state index contributed by atoms with van der Waals surface area (Å²) in [4.78, 5) is 11.6. The molecule has 1 aromatic carbocycles. The summed E-state index contributed by atoms with van der Waals surface area (Å²) in [6.45, 7) is 0.932. The normalized spacial score (nSPS) is 13.3. The Balaban J connectivity index is 2.96. The van der Waals surface area contributed by atoms with E-state index in [1.165, 1.54) is 0 Å². The number of ether oxygens (including phenoxy) is 1. The number of benzene rings is 1. The maximum atomic E-state index is 11.6. The van der Waals surface area contributed by atoms with Gasteiger partial charge in [-0.2, -0.15) is 0 Å². The summed E-state index contributed by atoms with van der Waals surface area (Å²) in [6.07, 6.45) is 0.115. The van der Waals surface area contributed by atoms with Crippen LogP contribution in [0.25, 0.3) is 6.08 Å². The highest BCUT2D eigenvalue weighted by Crippen LogP contribution is 2.34. The second-order valence-electron chi connectivity index (χ2n) is 3.63. The van der Waals surface area contributed by atoms with Gasteiger partial charge in [0.25, 0.3) is 0 Å². The van der Waals surface area contributed by atoms with E-state index < -0.39 is 18.9 Å². The Morgan fingerprint density at radius 2 is 2.00 bits per heavy atom. The van der Waals surface area contributed by atoms with Crippen LogP contribution in [-0.4, -0.2) is 29.1 Å². The van der Waals surface area contributed by atoms with Crippen molar-refractivity contribution < 1.29 is 19.7 Å². The Labute approximate surface area is 135 Å². The van der Waals surface area contributed by atoms with Crippen molar-refractivity contribution in [1.82, 2.24) is 0 Å². The first-order chi connectivity index (χ1) is 8.86. The molecule has 1 atom stereocenters. The number of halogens is 3. The molecule has 4 nitrogen and oxygen atoms in total. The average molecular weight is 459 g/mol. The Kier molecular flexibility index (Phi) is 6.68. The third kappa shape index (κ3) is 4.68. The molecular formula is C12H11Br3O4. The van der Waals surface area contributed by atoms with Crippen LogP contribution in [0.5, 0.6) is 0 Å². The minimum Gasteiger partial charge on any atom is -0.430 e. The zero-order valence-corrected chi connectivity index (χ0v) is 14.6. The average Bonchev–Trinajstić information content (AvgIpc) is 2.39. The van der Waals surface area contributed by atoms with Crippen molar-refractivity contribution in [1.29, 1.82) is 0 Å². The van der Waals surface area contributed by atoms with Crippen LogP contribution in [0.4, 0.5) is 0 Å². The second kappa shape index (κ2) is 7.54. The molecule has 1 aromatic rings. The van der Waals surface area contributed by atoms with Crippen molar-refractivity contribution in [3.63, 3.8) is 0 Å². The predicted molar refractivity (Wildman–Crippen MR) is 82.4 cm³/mol. The van der Waals surface area contributed by atoms with Gasteiger partial charge in [-0.3, -0.25) is 0 Å². The first-order valence-corrected chi connectivity index (χ1v) is 7.56. The summed E-state index contributed by atoms with van der Waals surface area (Å²) >= 11 is 10.2. The fraction of sp³-hybridized carbons (Fsp3) is 0.250. The number of esters is 1. The predicted octanol–water partition coefficient (Wildman–Crippen LogP) is 3.23. The lowest BCUT2D eigenvalue weighted by Gasteiger charge is -2.10. The van der Waals surface area contributed by atoms with Gasteiger partial charge in [0.05, 0.1) is 0 Å². The molecule has 0 amide bonds. The monoisotopic (exact) mass is 456 g/mol. The SMILES string of the molecule is C/C(=C\c1ccc(Br)c(Br)c1Br)C(=O)OC(O)CO. The van der Waals surface area contributed by atoms with Crippen LogP contribution in [0, 0.1) is 0 Å². The van der Waals surface area contributed by atoms with Gasteiger partial charge >= 0.3 is 5.97 Å². The number of carbonyl (C=O) groups excluding carboxylic acids is 1. The quantitative estimate of drug-likeness (QED) is 0.315. The van der Waals surface area contributed by atoms with Crippen LogP contribution in [0.2, 0.25) is 0 Å². The van der Waals surface area contributed by atoms with Crippen molar-refractivity contribution >= 4 is 59.8 Å². The molecule has 7 heteroatoms. The van der Waals surface area contributed by atoms with Gasteiger partial charge in [-0.15, -0.1) is 0 Å².